The molecule has 8 heteroatoms. The average molecular weight is 344 g/mol. The van der Waals surface area contributed by atoms with Gasteiger partial charge in [0.25, 0.3) is 0 Å². The van der Waals surface area contributed by atoms with Crippen molar-refractivity contribution in [2.75, 3.05) is 25.0 Å². The van der Waals surface area contributed by atoms with E-state index in [4.69, 9.17) is 5.11 Å². The molecule has 1 fully saturated rings. The number of alkyl halides is 3. The summed E-state index contributed by atoms with van der Waals surface area (Å²) in [5.74, 6) is -1.94. The number of amides is 1. The first kappa shape index (κ1) is 18.3. The summed E-state index contributed by atoms with van der Waals surface area (Å²) in [5.41, 5.74) is 0.846. The lowest BCUT2D eigenvalue weighted by atomic mass is 9.96. The summed E-state index contributed by atoms with van der Waals surface area (Å²) in [4.78, 5) is 24.4. The number of para-hydroxylation sites is 1. The normalized spacial score (nSPS) is 19.0. The van der Waals surface area contributed by atoms with E-state index >= 15 is 0 Å². The maximum Gasteiger partial charge on any atom is 0.401 e. The number of aliphatic carboxylic acids is 1. The molecule has 1 unspecified atom stereocenters. The number of anilines is 1. The van der Waals surface area contributed by atoms with Crippen molar-refractivity contribution in [3.63, 3.8) is 0 Å². The number of halogens is 3. The Kier molecular flexibility index (Phi) is 5.82. The number of carbonyl (C=O) groups is 2. The van der Waals surface area contributed by atoms with Crippen LogP contribution in [0.4, 0.5) is 18.9 Å². The number of hydrogen-bond acceptors (Lipinski definition) is 3. The standard InChI is InChI=1S/C16H19F3N2O3/c17-16(18,19)10-21-7-3-5-12(9-21)15(24)20-13-6-2-1-4-11(13)8-14(22)23/h1-2,4,6,12H,3,5,7-10H2,(H,20,24)(H,22,23). The van der Waals surface area contributed by atoms with Crippen LogP contribution in [0.25, 0.3) is 0 Å². The molecule has 0 saturated carbocycles. The van der Waals surface area contributed by atoms with Gasteiger partial charge in [-0.05, 0) is 31.0 Å². The summed E-state index contributed by atoms with van der Waals surface area (Å²) in [7, 11) is 0. The molecular weight excluding hydrogens is 325 g/mol. The maximum atomic E-state index is 12.5. The van der Waals surface area contributed by atoms with Gasteiger partial charge >= 0.3 is 12.1 Å². The van der Waals surface area contributed by atoms with Gasteiger partial charge in [0.1, 0.15) is 0 Å². The molecule has 2 N–H and O–H groups in total. The Hall–Kier alpha value is -2.09. The summed E-state index contributed by atoms with van der Waals surface area (Å²) in [6, 6.07) is 6.52. The highest BCUT2D eigenvalue weighted by molar-refractivity contribution is 5.94. The van der Waals surface area contributed by atoms with Crippen LogP contribution in [-0.4, -0.2) is 47.7 Å². The number of carboxylic acid groups (broad SMARTS) is 1. The van der Waals surface area contributed by atoms with Crippen molar-refractivity contribution in [3.8, 4) is 0 Å². The van der Waals surface area contributed by atoms with Crippen molar-refractivity contribution in [1.29, 1.82) is 0 Å². The van der Waals surface area contributed by atoms with E-state index in [-0.39, 0.29) is 18.9 Å². The first-order chi connectivity index (χ1) is 11.2. The van der Waals surface area contributed by atoms with E-state index in [1.165, 1.54) is 4.90 Å². The molecule has 0 spiro atoms. The van der Waals surface area contributed by atoms with Crippen molar-refractivity contribution >= 4 is 17.6 Å². The number of nitrogens with zero attached hydrogens (tertiary/aromatic N) is 1. The number of piperidine rings is 1. The molecule has 1 heterocycles. The molecule has 24 heavy (non-hydrogen) atoms. The fraction of sp³-hybridized carbons (Fsp3) is 0.500. The Morgan fingerprint density at radius 3 is 2.67 bits per heavy atom. The van der Waals surface area contributed by atoms with Crippen LogP contribution in [0.3, 0.4) is 0 Å². The van der Waals surface area contributed by atoms with Crippen molar-refractivity contribution in [2.24, 2.45) is 5.92 Å². The quantitative estimate of drug-likeness (QED) is 0.861. The van der Waals surface area contributed by atoms with Gasteiger partial charge in [0.15, 0.2) is 0 Å². The molecule has 1 saturated heterocycles. The van der Waals surface area contributed by atoms with Gasteiger partial charge in [-0.25, -0.2) is 0 Å². The van der Waals surface area contributed by atoms with Crippen LogP contribution in [0.15, 0.2) is 24.3 Å². The van der Waals surface area contributed by atoms with Crippen LogP contribution in [0, 0.1) is 5.92 Å². The van der Waals surface area contributed by atoms with Gasteiger partial charge in [-0.1, -0.05) is 18.2 Å². The third-order valence-electron chi connectivity index (χ3n) is 3.90. The number of rotatable bonds is 5. The highest BCUT2D eigenvalue weighted by Crippen LogP contribution is 2.24. The summed E-state index contributed by atoms with van der Waals surface area (Å²) in [6.07, 6.45) is -3.49. The topological polar surface area (TPSA) is 69.6 Å². The Balaban J connectivity index is 2.01. The first-order valence-electron chi connectivity index (χ1n) is 7.64. The molecule has 2 rings (SSSR count). The number of carbonyl (C=O) groups excluding carboxylic acids is 1. The zero-order chi connectivity index (χ0) is 17.7. The molecule has 0 aromatic heterocycles. The number of carboxylic acids is 1. The van der Waals surface area contributed by atoms with Crippen molar-refractivity contribution < 1.29 is 27.9 Å². The molecule has 0 radical (unpaired) electrons. The molecule has 1 aromatic carbocycles. The second-order valence-corrected chi connectivity index (χ2v) is 5.91. The van der Waals surface area contributed by atoms with Gasteiger partial charge in [-0.15, -0.1) is 0 Å². The van der Waals surface area contributed by atoms with Gasteiger partial charge in [0.05, 0.1) is 18.9 Å². The van der Waals surface area contributed by atoms with Crippen LogP contribution in [-0.2, 0) is 16.0 Å². The molecule has 0 bridgehead atoms. The number of likely N-dealkylation sites (tertiary alicyclic amines) is 1. The first-order valence-corrected chi connectivity index (χ1v) is 7.64. The predicted molar refractivity (Wildman–Crippen MR) is 81.6 cm³/mol. The summed E-state index contributed by atoms with van der Waals surface area (Å²) < 4.78 is 37.5. The lowest BCUT2D eigenvalue weighted by Crippen LogP contribution is -2.44. The minimum absolute atomic E-state index is 0.0481. The van der Waals surface area contributed by atoms with Gasteiger partial charge in [0, 0.05) is 12.2 Å². The maximum absolute atomic E-state index is 12.5. The largest absolute Gasteiger partial charge is 0.481 e. The lowest BCUT2D eigenvalue weighted by Gasteiger charge is -2.32. The minimum atomic E-state index is -4.29. The smallest absolute Gasteiger partial charge is 0.401 e. The predicted octanol–water partition coefficient (Wildman–Crippen LogP) is 2.53. The fourth-order valence-corrected chi connectivity index (χ4v) is 2.86. The van der Waals surface area contributed by atoms with Crippen LogP contribution in [0.2, 0.25) is 0 Å². The van der Waals surface area contributed by atoms with E-state index in [1.807, 2.05) is 0 Å². The van der Waals surface area contributed by atoms with Crippen molar-refractivity contribution in [1.82, 2.24) is 4.90 Å². The highest BCUT2D eigenvalue weighted by Gasteiger charge is 2.34. The molecule has 1 atom stereocenters. The van der Waals surface area contributed by atoms with E-state index < -0.39 is 24.6 Å². The lowest BCUT2D eigenvalue weighted by molar-refractivity contribution is -0.151. The Labute approximate surface area is 137 Å². The van der Waals surface area contributed by atoms with Gasteiger partial charge in [-0.2, -0.15) is 13.2 Å². The SMILES string of the molecule is O=C(O)Cc1ccccc1NC(=O)C1CCCN(CC(F)(F)F)C1. The van der Waals surface area contributed by atoms with Crippen LogP contribution >= 0.6 is 0 Å². The third kappa shape index (κ3) is 5.52. The zero-order valence-corrected chi connectivity index (χ0v) is 13.0. The van der Waals surface area contributed by atoms with Crippen LogP contribution in [0.1, 0.15) is 18.4 Å². The summed E-state index contributed by atoms with van der Waals surface area (Å²) in [5, 5.41) is 11.5. The fourth-order valence-electron chi connectivity index (χ4n) is 2.86. The van der Waals surface area contributed by atoms with E-state index in [0.717, 1.165) is 0 Å². The van der Waals surface area contributed by atoms with Gasteiger partial charge < -0.3 is 10.4 Å². The van der Waals surface area contributed by atoms with Crippen molar-refractivity contribution in [3.05, 3.63) is 29.8 Å². The monoisotopic (exact) mass is 344 g/mol. The molecule has 1 aliphatic rings. The molecular formula is C16H19F3N2O3. The molecule has 1 aromatic rings. The highest BCUT2D eigenvalue weighted by atomic mass is 19.4. The second kappa shape index (κ2) is 7.65. The van der Waals surface area contributed by atoms with Crippen LogP contribution < -0.4 is 5.32 Å². The number of hydrogen-bond donors (Lipinski definition) is 2. The number of benzene rings is 1. The van der Waals surface area contributed by atoms with Gasteiger partial charge in [0.2, 0.25) is 5.91 Å². The molecule has 1 aliphatic heterocycles. The Morgan fingerprint density at radius 2 is 2.00 bits per heavy atom. The summed E-state index contributed by atoms with van der Waals surface area (Å²) in [6.45, 7) is -0.655. The van der Waals surface area contributed by atoms with E-state index in [1.54, 1.807) is 24.3 Å². The van der Waals surface area contributed by atoms with E-state index in [2.05, 4.69) is 5.32 Å². The third-order valence-corrected chi connectivity index (χ3v) is 3.90. The van der Waals surface area contributed by atoms with E-state index in [0.29, 0.717) is 30.6 Å². The van der Waals surface area contributed by atoms with Crippen molar-refractivity contribution in [2.45, 2.75) is 25.4 Å². The van der Waals surface area contributed by atoms with Gasteiger partial charge in [-0.3, -0.25) is 14.5 Å². The molecule has 1 amide bonds. The van der Waals surface area contributed by atoms with Crippen LogP contribution in [0.5, 0.6) is 0 Å². The summed E-state index contributed by atoms with van der Waals surface area (Å²) >= 11 is 0. The number of nitrogens with one attached hydrogen (secondary N) is 1. The zero-order valence-electron chi connectivity index (χ0n) is 13.0. The second-order valence-electron chi connectivity index (χ2n) is 5.91. The molecule has 0 aliphatic carbocycles. The Bertz CT molecular complexity index is 604. The average Bonchev–Trinajstić information content (AvgIpc) is 2.47. The Morgan fingerprint density at radius 1 is 1.29 bits per heavy atom. The minimum Gasteiger partial charge on any atom is -0.481 e. The molecule has 5 nitrogen and oxygen atoms in total. The molecule has 132 valence electrons. The van der Waals surface area contributed by atoms with E-state index in [9.17, 15) is 22.8 Å².